The summed E-state index contributed by atoms with van der Waals surface area (Å²) in [6.45, 7) is 6.36. The first kappa shape index (κ1) is 20.4. The number of benzene rings is 1. The monoisotopic (exact) mass is 439 g/mol. The first-order valence-electron chi connectivity index (χ1n) is 10.7. The van der Waals surface area contributed by atoms with E-state index in [0.717, 1.165) is 28.5 Å². The standard InChI is InChI=1S/C26H25N5S/c1-17-13-18(2)15-21(14-17)31-25(24(29-26(31)32)22-8-4-5-12-28-22)23-10-9-19(3)30(23)20-7-6-11-27-16-20/h4-16,24-25H,1-3H3,(H,29,32). The SMILES string of the molecule is Cc1cc(C)cc(N2C(=S)NC(c3ccccn3)C2c2ccc(C)n2-c2cccnc2)c1. The molecular formula is C26H25N5S. The topological polar surface area (TPSA) is 46.0 Å². The molecular weight excluding hydrogens is 414 g/mol. The Balaban J connectivity index is 1.72. The van der Waals surface area contributed by atoms with Crippen LogP contribution >= 0.6 is 12.2 Å². The summed E-state index contributed by atoms with van der Waals surface area (Å²) >= 11 is 5.90. The van der Waals surface area contributed by atoms with Crippen LogP contribution < -0.4 is 10.2 Å². The van der Waals surface area contributed by atoms with E-state index in [0.29, 0.717) is 5.11 Å². The highest BCUT2D eigenvalue weighted by atomic mass is 32.1. The Labute approximate surface area is 193 Å². The van der Waals surface area contributed by atoms with E-state index >= 15 is 0 Å². The van der Waals surface area contributed by atoms with Crippen LogP contribution in [-0.4, -0.2) is 19.6 Å². The summed E-state index contributed by atoms with van der Waals surface area (Å²) < 4.78 is 2.26. The van der Waals surface area contributed by atoms with E-state index in [2.05, 4.69) is 88.0 Å². The van der Waals surface area contributed by atoms with Crippen LogP contribution in [0.3, 0.4) is 0 Å². The van der Waals surface area contributed by atoms with Gasteiger partial charge < -0.3 is 14.8 Å². The molecule has 0 radical (unpaired) electrons. The van der Waals surface area contributed by atoms with Gasteiger partial charge in [0.2, 0.25) is 0 Å². The normalized spacial score (nSPS) is 18.1. The van der Waals surface area contributed by atoms with Crippen molar-refractivity contribution >= 4 is 23.0 Å². The summed E-state index contributed by atoms with van der Waals surface area (Å²) in [5.41, 5.74) is 7.78. The molecule has 1 saturated heterocycles. The second kappa shape index (κ2) is 8.20. The number of aromatic nitrogens is 3. The van der Waals surface area contributed by atoms with Gasteiger partial charge in [-0.2, -0.15) is 0 Å². The van der Waals surface area contributed by atoms with E-state index in [1.807, 2.05) is 30.6 Å². The maximum atomic E-state index is 5.90. The van der Waals surface area contributed by atoms with Crippen molar-refractivity contribution in [3.8, 4) is 5.69 Å². The molecule has 3 aromatic heterocycles. The fraction of sp³-hybridized carbons (Fsp3) is 0.192. The van der Waals surface area contributed by atoms with Crippen molar-refractivity contribution in [3.63, 3.8) is 0 Å². The molecule has 4 heterocycles. The lowest BCUT2D eigenvalue weighted by Gasteiger charge is -2.29. The van der Waals surface area contributed by atoms with E-state index in [1.54, 1.807) is 6.20 Å². The van der Waals surface area contributed by atoms with Crippen LogP contribution in [-0.2, 0) is 0 Å². The molecule has 6 heteroatoms. The lowest BCUT2D eigenvalue weighted by molar-refractivity contribution is 0.548. The quantitative estimate of drug-likeness (QED) is 0.433. The molecule has 1 fully saturated rings. The summed E-state index contributed by atoms with van der Waals surface area (Å²) in [5.74, 6) is 0. The van der Waals surface area contributed by atoms with Crippen molar-refractivity contribution < 1.29 is 0 Å². The molecule has 0 aliphatic carbocycles. The Bertz CT molecular complexity index is 1250. The van der Waals surface area contributed by atoms with Gasteiger partial charge >= 0.3 is 0 Å². The van der Waals surface area contributed by atoms with Crippen LogP contribution in [0, 0.1) is 20.8 Å². The van der Waals surface area contributed by atoms with Crippen LogP contribution in [0.5, 0.6) is 0 Å². The molecule has 1 aromatic carbocycles. The van der Waals surface area contributed by atoms with Crippen LogP contribution in [0.1, 0.15) is 40.3 Å². The Kier molecular flexibility index (Phi) is 5.23. The highest BCUT2D eigenvalue weighted by Gasteiger charge is 2.42. The zero-order valence-corrected chi connectivity index (χ0v) is 19.2. The Morgan fingerprint density at radius 2 is 1.69 bits per heavy atom. The number of nitrogens with one attached hydrogen (secondary N) is 1. The van der Waals surface area contributed by atoms with Crippen molar-refractivity contribution in [1.29, 1.82) is 0 Å². The van der Waals surface area contributed by atoms with E-state index < -0.39 is 0 Å². The van der Waals surface area contributed by atoms with Crippen molar-refractivity contribution in [3.05, 3.63) is 107 Å². The van der Waals surface area contributed by atoms with Crippen LogP contribution in [0.2, 0.25) is 0 Å². The molecule has 32 heavy (non-hydrogen) atoms. The summed E-state index contributed by atoms with van der Waals surface area (Å²) in [4.78, 5) is 11.3. The van der Waals surface area contributed by atoms with Crippen LogP contribution in [0.4, 0.5) is 5.69 Å². The highest BCUT2D eigenvalue weighted by Crippen LogP contribution is 2.43. The molecule has 0 spiro atoms. The summed E-state index contributed by atoms with van der Waals surface area (Å²) in [6, 6.07) is 20.8. The number of hydrogen-bond donors (Lipinski definition) is 1. The Hall–Kier alpha value is -3.51. The second-order valence-electron chi connectivity index (χ2n) is 8.29. The molecule has 5 nitrogen and oxygen atoms in total. The smallest absolute Gasteiger partial charge is 0.174 e. The number of thiocarbonyl (C=S) groups is 1. The molecule has 160 valence electrons. The number of rotatable bonds is 4. The maximum absolute atomic E-state index is 5.90. The molecule has 1 aliphatic rings. The van der Waals surface area contributed by atoms with Crippen molar-refractivity contribution in [2.75, 3.05) is 4.90 Å². The largest absolute Gasteiger partial charge is 0.351 e. The van der Waals surface area contributed by atoms with E-state index in [-0.39, 0.29) is 12.1 Å². The Morgan fingerprint density at radius 1 is 0.875 bits per heavy atom. The number of nitrogens with zero attached hydrogens (tertiary/aromatic N) is 4. The number of aryl methyl sites for hydroxylation is 3. The molecule has 5 rings (SSSR count). The predicted octanol–water partition coefficient (Wildman–Crippen LogP) is 5.37. The van der Waals surface area contributed by atoms with Gasteiger partial charge in [-0.25, -0.2) is 0 Å². The molecule has 2 atom stereocenters. The zero-order chi connectivity index (χ0) is 22.2. The Morgan fingerprint density at radius 3 is 2.38 bits per heavy atom. The summed E-state index contributed by atoms with van der Waals surface area (Å²) in [7, 11) is 0. The van der Waals surface area contributed by atoms with E-state index in [4.69, 9.17) is 12.2 Å². The van der Waals surface area contributed by atoms with Crippen molar-refractivity contribution in [1.82, 2.24) is 19.9 Å². The second-order valence-corrected chi connectivity index (χ2v) is 8.68. The molecule has 0 amide bonds. The average Bonchev–Trinajstić information content (AvgIpc) is 3.33. The minimum absolute atomic E-state index is 0.0764. The van der Waals surface area contributed by atoms with Gasteiger partial charge in [-0.1, -0.05) is 12.1 Å². The van der Waals surface area contributed by atoms with Gasteiger partial charge in [-0.3, -0.25) is 9.97 Å². The van der Waals surface area contributed by atoms with Crippen LogP contribution in [0.25, 0.3) is 5.69 Å². The fourth-order valence-electron chi connectivity index (χ4n) is 4.65. The maximum Gasteiger partial charge on any atom is 0.174 e. The number of hydrogen-bond acceptors (Lipinski definition) is 3. The van der Waals surface area contributed by atoms with E-state index in [9.17, 15) is 0 Å². The first-order chi connectivity index (χ1) is 15.5. The zero-order valence-electron chi connectivity index (χ0n) is 18.4. The molecule has 4 aromatic rings. The third kappa shape index (κ3) is 3.56. The van der Waals surface area contributed by atoms with Crippen molar-refractivity contribution in [2.24, 2.45) is 0 Å². The third-order valence-corrected chi connectivity index (χ3v) is 6.21. The third-order valence-electron chi connectivity index (χ3n) is 5.90. The van der Waals surface area contributed by atoms with Gasteiger partial charge in [0.05, 0.1) is 23.6 Å². The lowest BCUT2D eigenvalue weighted by atomic mass is 10.00. The number of pyridine rings is 2. The molecule has 2 unspecified atom stereocenters. The molecule has 0 saturated carbocycles. The van der Waals surface area contributed by atoms with Crippen LogP contribution in [0.15, 0.2) is 79.3 Å². The minimum Gasteiger partial charge on any atom is -0.351 e. The number of anilines is 1. The van der Waals surface area contributed by atoms with Gasteiger partial charge in [-0.15, -0.1) is 0 Å². The fourth-order valence-corrected chi connectivity index (χ4v) is 5.00. The van der Waals surface area contributed by atoms with E-state index in [1.165, 1.54) is 11.1 Å². The lowest BCUT2D eigenvalue weighted by Crippen LogP contribution is -2.30. The first-order valence-corrected chi connectivity index (χ1v) is 11.1. The average molecular weight is 440 g/mol. The predicted molar refractivity (Wildman–Crippen MR) is 132 cm³/mol. The van der Waals surface area contributed by atoms with Gasteiger partial charge in [0, 0.05) is 29.5 Å². The van der Waals surface area contributed by atoms with Gasteiger partial charge in [0.25, 0.3) is 0 Å². The van der Waals surface area contributed by atoms with Gasteiger partial charge in [-0.05, 0) is 92.6 Å². The highest BCUT2D eigenvalue weighted by molar-refractivity contribution is 7.80. The minimum atomic E-state index is -0.0887. The van der Waals surface area contributed by atoms with Gasteiger partial charge in [0.15, 0.2) is 5.11 Å². The van der Waals surface area contributed by atoms with Gasteiger partial charge in [0.1, 0.15) is 6.04 Å². The molecule has 1 N–H and O–H groups in total. The van der Waals surface area contributed by atoms with Crippen molar-refractivity contribution in [2.45, 2.75) is 32.9 Å². The summed E-state index contributed by atoms with van der Waals surface area (Å²) in [5, 5.41) is 4.26. The summed E-state index contributed by atoms with van der Waals surface area (Å²) in [6.07, 6.45) is 5.53. The molecule has 1 aliphatic heterocycles. The molecule has 0 bridgehead atoms.